The van der Waals surface area contributed by atoms with Gasteiger partial charge in [0.15, 0.2) is 0 Å². The van der Waals surface area contributed by atoms with E-state index < -0.39 is 31.7 Å². The van der Waals surface area contributed by atoms with Crippen LogP contribution in [-0.2, 0) is 9.47 Å². The minimum Gasteiger partial charge on any atom is -0.532 e. The SMILES string of the molecule is CC(C)(C)OC(=O)N(C(=O)OC(C)(C)C)c1nc2c(O[Si](c3ccccc3)(c3ccccc3)C(C)(C)C)cc(C#CCO)cc2s1. The number of hydrogen-bond acceptors (Lipinski definition) is 8. The number of nitrogens with zero attached hydrogens (tertiary/aromatic N) is 2. The highest BCUT2D eigenvalue weighted by Gasteiger charge is 2.52. The minimum absolute atomic E-state index is 0.0677. The van der Waals surface area contributed by atoms with Crippen molar-refractivity contribution in [3.63, 3.8) is 0 Å². The molecule has 1 aromatic heterocycles. The van der Waals surface area contributed by atoms with Gasteiger partial charge in [-0.15, -0.1) is 0 Å². The van der Waals surface area contributed by atoms with E-state index in [-0.39, 0.29) is 16.8 Å². The number of imide groups is 1. The fourth-order valence-electron chi connectivity index (χ4n) is 5.03. The van der Waals surface area contributed by atoms with E-state index in [1.54, 1.807) is 53.7 Å². The lowest BCUT2D eigenvalue weighted by atomic mass is 10.2. The number of carbonyl (C=O) groups excluding carboxylic acids is 2. The highest BCUT2D eigenvalue weighted by atomic mass is 32.1. The van der Waals surface area contributed by atoms with Crippen LogP contribution in [-0.4, -0.2) is 48.4 Å². The number of aliphatic hydroxyl groups is 1. The number of aliphatic hydroxyl groups excluding tert-OH is 1. The molecule has 4 aromatic rings. The molecule has 1 N–H and O–H groups in total. The number of carbonyl (C=O) groups is 2. The predicted octanol–water partition coefficient (Wildman–Crippen LogP) is 7.26. The summed E-state index contributed by atoms with van der Waals surface area (Å²) in [7, 11) is -3.12. The van der Waals surface area contributed by atoms with Crippen LogP contribution in [0.2, 0.25) is 5.04 Å². The Kier molecular flexibility index (Phi) is 10.0. The van der Waals surface area contributed by atoms with Crippen LogP contribution >= 0.6 is 11.3 Å². The molecule has 0 radical (unpaired) electrons. The second-order valence-electron chi connectivity index (χ2n) is 13.8. The van der Waals surface area contributed by atoms with Gasteiger partial charge in [-0.25, -0.2) is 14.6 Å². The molecule has 0 bridgehead atoms. The van der Waals surface area contributed by atoms with Crippen LogP contribution in [0.3, 0.4) is 0 Å². The van der Waals surface area contributed by atoms with Gasteiger partial charge in [-0.3, -0.25) is 0 Å². The third-order valence-electron chi connectivity index (χ3n) is 6.78. The maximum atomic E-state index is 13.5. The molecule has 3 aromatic carbocycles. The Morgan fingerprint density at radius 2 is 1.33 bits per heavy atom. The van der Waals surface area contributed by atoms with Crippen molar-refractivity contribution in [1.29, 1.82) is 0 Å². The average molecular weight is 659 g/mol. The zero-order valence-corrected chi connectivity index (χ0v) is 29.7. The third kappa shape index (κ3) is 7.78. The van der Waals surface area contributed by atoms with Crippen molar-refractivity contribution >= 4 is 57.6 Å². The van der Waals surface area contributed by atoms with E-state index in [2.05, 4.69) is 56.9 Å². The summed E-state index contributed by atoms with van der Waals surface area (Å²) >= 11 is 1.12. The number of ether oxygens (including phenoxy) is 2. The zero-order chi connectivity index (χ0) is 33.9. The Labute approximate surface area is 276 Å². The quantitative estimate of drug-likeness (QED) is 0.178. The Morgan fingerprint density at radius 1 is 0.826 bits per heavy atom. The van der Waals surface area contributed by atoms with Crippen LogP contribution in [0.5, 0.6) is 5.75 Å². The highest BCUT2D eigenvalue weighted by Crippen LogP contribution is 2.42. The maximum Gasteiger partial charge on any atom is 0.426 e. The molecular weight excluding hydrogens is 617 g/mol. The minimum atomic E-state index is -3.12. The smallest absolute Gasteiger partial charge is 0.426 e. The van der Waals surface area contributed by atoms with Gasteiger partial charge < -0.3 is 19.0 Å². The van der Waals surface area contributed by atoms with Crippen LogP contribution in [0.1, 0.15) is 67.9 Å². The van der Waals surface area contributed by atoms with Crippen LogP contribution in [0.4, 0.5) is 14.7 Å². The van der Waals surface area contributed by atoms with Crippen LogP contribution in [0.25, 0.3) is 10.2 Å². The largest absolute Gasteiger partial charge is 0.532 e. The number of fused-ring (bicyclic) bond motifs is 1. The predicted molar refractivity (Wildman–Crippen MR) is 187 cm³/mol. The average Bonchev–Trinajstić information content (AvgIpc) is 3.36. The van der Waals surface area contributed by atoms with Crippen LogP contribution in [0, 0.1) is 11.8 Å². The topological polar surface area (TPSA) is 98.2 Å². The molecule has 0 saturated heterocycles. The van der Waals surface area contributed by atoms with Crippen molar-refractivity contribution < 1.29 is 28.6 Å². The first-order chi connectivity index (χ1) is 21.4. The summed E-state index contributed by atoms with van der Waals surface area (Å²) in [5.74, 6) is 6.16. The van der Waals surface area contributed by atoms with Gasteiger partial charge in [-0.2, -0.15) is 4.90 Å². The van der Waals surface area contributed by atoms with Gasteiger partial charge in [0.25, 0.3) is 0 Å². The molecule has 1 heterocycles. The molecule has 0 aliphatic heterocycles. The molecule has 0 saturated carbocycles. The Hall–Kier alpha value is -4.17. The standard InChI is InChI=1S/C36H42N2O6SSi/c1-34(2,3)42-32(40)38(33(41)43-35(4,5)6)31-37-30-28(23-25(17-16-22-39)24-29(30)45-31)44-46(36(7,8)9,26-18-12-10-13-19-26)27-20-14-11-15-21-27/h10-15,18-21,23-24,39H,22H2,1-9H3. The molecule has 10 heteroatoms. The molecule has 0 fully saturated rings. The van der Waals surface area contributed by atoms with E-state index in [9.17, 15) is 14.7 Å². The van der Waals surface area contributed by atoms with Crippen molar-refractivity contribution in [2.45, 2.75) is 78.6 Å². The van der Waals surface area contributed by atoms with E-state index in [1.807, 2.05) is 36.4 Å². The van der Waals surface area contributed by atoms with E-state index in [0.29, 0.717) is 21.5 Å². The molecule has 46 heavy (non-hydrogen) atoms. The van der Waals surface area contributed by atoms with Crippen LogP contribution < -0.4 is 19.7 Å². The van der Waals surface area contributed by atoms with Gasteiger partial charge in [-0.1, -0.05) is 105 Å². The second-order valence-corrected chi connectivity index (χ2v) is 19.1. The monoisotopic (exact) mass is 658 g/mol. The van der Waals surface area contributed by atoms with Gasteiger partial charge in [0.05, 0.1) is 4.70 Å². The lowest BCUT2D eigenvalue weighted by Crippen LogP contribution is -2.68. The van der Waals surface area contributed by atoms with Gasteiger partial charge in [-0.05, 0) is 69.1 Å². The lowest BCUT2D eigenvalue weighted by Gasteiger charge is -2.43. The number of benzene rings is 3. The van der Waals surface area contributed by atoms with E-state index >= 15 is 0 Å². The summed E-state index contributed by atoms with van der Waals surface area (Å²) < 4.78 is 19.2. The summed E-state index contributed by atoms with van der Waals surface area (Å²) in [5.41, 5.74) is -0.706. The maximum absolute atomic E-state index is 13.5. The summed E-state index contributed by atoms with van der Waals surface area (Å²) in [6.45, 7) is 16.5. The fourth-order valence-corrected chi connectivity index (χ4v) is 10.5. The zero-order valence-electron chi connectivity index (χ0n) is 27.9. The normalized spacial score (nSPS) is 12.2. The molecule has 0 unspecified atom stereocenters. The Morgan fingerprint density at radius 3 is 1.76 bits per heavy atom. The number of amides is 2. The van der Waals surface area contributed by atoms with Gasteiger partial charge in [0.2, 0.25) is 5.13 Å². The molecule has 8 nitrogen and oxygen atoms in total. The number of thiazole rings is 1. The van der Waals surface area contributed by atoms with Gasteiger partial charge in [0.1, 0.15) is 29.1 Å². The number of rotatable bonds is 5. The van der Waals surface area contributed by atoms with Crippen molar-refractivity contribution in [2.75, 3.05) is 11.5 Å². The fraction of sp³-hybridized carbons (Fsp3) is 0.361. The molecule has 0 aliphatic carbocycles. The summed E-state index contributed by atoms with van der Waals surface area (Å²) in [6.07, 6.45) is -1.81. The number of aromatic nitrogens is 1. The van der Waals surface area contributed by atoms with Gasteiger partial charge in [0, 0.05) is 5.56 Å². The van der Waals surface area contributed by atoms with Crippen molar-refractivity contribution in [3.8, 4) is 17.6 Å². The molecule has 0 spiro atoms. The van der Waals surface area contributed by atoms with Gasteiger partial charge >= 0.3 is 20.5 Å². The Bertz CT molecular complexity index is 1690. The first-order valence-corrected chi connectivity index (χ1v) is 17.8. The van der Waals surface area contributed by atoms with Crippen molar-refractivity contribution in [2.24, 2.45) is 0 Å². The molecule has 4 rings (SSSR count). The summed E-state index contributed by atoms with van der Waals surface area (Å²) in [6, 6.07) is 24.0. The number of anilines is 1. The summed E-state index contributed by atoms with van der Waals surface area (Å²) in [4.78, 5) is 32.6. The molecule has 0 aliphatic rings. The molecule has 0 atom stereocenters. The lowest BCUT2D eigenvalue weighted by molar-refractivity contribution is 0.0430. The Balaban J connectivity index is 2.00. The first kappa shape index (κ1) is 34.7. The van der Waals surface area contributed by atoms with E-state index in [4.69, 9.17) is 18.9 Å². The van der Waals surface area contributed by atoms with Crippen molar-refractivity contribution in [1.82, 2.24) is 4.98 Å². The number of hydrogen-bond donors (Lipinski definition) is 1. The van der Waals surface area contributed by atoms with Crippen molar-refractivity contribution in [3.05, 3.63) is 78.4 Å². The third-order valence-corrected chi connectivity index (χ3v) is 12.7. The molecular formula is C36H42N2O6SSi. The van der Waals surface area contributed by atoms with E-state index in [0.717, 1.165) is 26.6 Å². The van der Waals surface area contributed by atoms with Crippen LogP contribution in [0.15, 0.2) is 72.8 Å². The van der Waals surface area contributed by atoms with E-state index in [1.165, 1.54) is 0 Å². The second kappa shape index (κ2) is 13.3. The molecule has 2 amide bonds. The highest BCUT2D eigenvalue weighted by molar-refractivity contribution is 7.22. The molecule has 242 valence electrons. The summed E-state index contributed by atoms with van der Waals surface area (Å²) in [5, 5.41) is 11.3. The first-order valence-electron chi connectivity index (χ1n) is 15.1.